The van der Waals surface area contributed by atoms with Crippen LogP contribution in [0.1, 0.15) is 28.6 Å². The molecule has 218 valence electrons. The van der Waals surface area contributed by atoms with Crippen molar-refractivity contribution in [1.82, 2.24) is 19.9 Å². The Morgan fingerprint density at radius 1 is 0.905 bits per heavy atom. The summed E-state index contributed by atoms with van der Waals surface area (Å²) in [4.78, 5) is 42.7. The number of pyridine rings is 1. The summed E-state index contributed by atoms with van der Waals surface area (Å²) in [5, 5.41) is 3.45. The zero-order valence-electron chi connectivity index (χ0n) is 24.2. The molecule has 0 aliphatic heterocycles. The number of aryl methyl sites for hydroxylation is 2. The van der Waals surface area contributed by atoms with Crippen molar-refractivity contribution in [3.8, 4) is 17.2 Å². The average Bonchev–Trinajstić information content (AvgIpc) is 3.00. The number of nitrogens with zero attached hydrogens (tertiary/aromatic N) is 4. The standard InChI is InChI=1S/C31H33N5O5S/c1-20-15-21(2)34-31(33-20)42-19-28(37)36(18-22-7-6-14-32-17-22)29(23-8-10-24(39-3)11-9-23)30(38)35-26-13-12-25(40-4)16-27(26)41-5/h6-17,29H,18-19H2,1-5H3,(H,35,38). The first-order chi connectivity index (χ1) is 20.3. The number of anilines is 1. The third kappa shape index (κ3) is 7.76. The largest absolute Gasteiger partial charge is 0.497 e. The topological polar surface area (TPSA) is 116 Å². The molecule has 4 aromatic rings. The molecule has 0 aliphatic carbocycles. The first kappa shape index (κ1) is 30.3. The summed E-state index contributed by atoms with van der Waals surface area (Å²) >= 11 is 1.23. The number of methoxy groups -OCH3 is 3. The number of hydrogen-bond acceptors (Lipinski definition) is 9. The molecular weight excluding hydrogens is 554 g/mol. The Morgan fingerprint density at radius 3 is 2.21 bits per heavy atom. The maximum Gasteiger partial charge on any atom is 0.251 e. The highest BCUT2D eigenvalue weighted by Crippen LogP contribution is 2.32. The van der Waals surface area contributed by atoms with Crippen LogP contribution in [0.2, 0.25) is 0 Å². The molecule has 10 nitrogen and oxygen atoms in total. The van der Waals surface area contributed by atoms with Crippen molar-refractivity contribution in [2.45, 2.75) is 31.6 Å². The van der Waals surface area contributed by atoms with Gasteiger partial charge in [0.05, 0.1) is 32.8 Å². The Labute approximate surface area is 249 Å². The number of thioether (sulfide) groups is 1. The lowest BCUT2D eigenvalue weighted by Gasteiger charge is -2.31. The van der Waals surface area contributed by atoms with E-state index in [4.69, 9.17) is 14.2 Å². The smallest absolute Gasteiger partial charge is 0.251 e. The van der Waals surface area contributed by atoms with Crippen LogP contribution >= 0.6 is 11.8 Å². The van der Waals surface area contributed by atoms with Gasteiger partial charge in [-0.3, -0.25) is 14.6 Å². The first-order valence-electron chi connectivity index (χ1n) is 13.1. The minimum absolute atomic E-state index is 0.0228. The SMILES string of the molecule is COc1ccc(C(C(=O)Nc2ccc(OC)cc2OC)N(Cc2cccnc2)C(=O)CSc2nc(C)cc(C)n2)cc1. The van der Waals surface area contributed by atoms with Gasteiger partial charge in [0.2, 0.25) is 5.91 Å². The number of carbonyl (C=O) groups is 2. The molecular formula is C31H33N5O5S. The van der Waals surface area contributed by atoms with Gasteiger partial charge in [0.15, 0.2) is 5.16 Å². The number of amides is 2. The fraction of sp³-hybridized carbons (Fsp3) is 0.258. The maximum absolute atomic E-state index is 14.1. The number of nitrogens with one attached hydrogen (secondary N) is 1. The molecule has 0 bridgehead atoms. The van der Waals surface area contributed by atoms with E-state index in [0.717, 1.165) is 17.0 Å². The molecule has 2 heterocycles. The third-order valence-electron chi connectivity index (χ3n) is 6.34. The Morgan fingerprint density at radius 2 is 1.60 bits per heavy atom. The van der Waals surface area contributed by atoms with Gasteiger partial charge in [0.25, 0.3) is 5.91 Å². The van der Waals surface area contributed by atoms with Gasteiger partial charge in [-0.05, 0) is 61.4 Å². The Bertz CT molecular complexity index is 1500. The van der Waals surface area contributed by atoms with Gasteiger partial charge in [-0.1, -0.05) is 30.0 Å². The molecule has 42 heavy (non-hydrogen) atoms. The summed E-state index contributed by atoms with van der Waals surface area (Å²) in [5.74, 6) is 0.953. The normalized spacial score (nSPS) is 11.4. The molecule has 2 aromatic carbocycles. The van der Waals surface area contributed by atoms with Crippen LogP contribution in [-0.4, -0.2) is 58.7 Å². The lowest BCUT2D eigenvalue weighted by molar-refractivity contribution is -0.137. The highest BCUT2D eigenvalue weighted by atomic mass is 32.2. The Hall–Kier alpha value is -4.64. The van der Waals surface area contributed by atoms with E-state index in [0.29, 0.717) is 33.7 Å². The molecule has 1 atom stereocenters. The van der Waals surface area contributed by atoms with E-state index in [1.807, 2.05) is 26.0 Å². The van der Waals surface area contributed by atoms with Crippen molar-refractivity contribution in [1.29, 1.82) is 0 Å². The molecule has 0 fully saturated rings. The second-order valence-electron chi connectivity index (χ2n) is 9.34. The number of hydrogen-bond donors (Lipinski definition) is 1. The highest BCUT2D eigenvalue weighted by Gasteiger charge is 2.32. The predicted octanol–water partition coefficient (Wildman–Crippen LogP) is 5.02. The number of ether oxygens (including phenoxy) is 3. The minimum atomic E-state index is -1.00. The van der Waals surface area contributed by atoms with Crippen molar-refractivity contribution < 1.29 is 23.8 Å². The van der Waals surface area contributed by atoms with Crippen LogP contribution in [-0.2, 0) is 16.1 Å². The minimum Gasteiger partial charge on any atom is -0.497 e. The molecule has 1 unspecified atom stereocenters. The van der Waals surface area contributed by atoms with Crippen LogP contribution < -0.4 is 19.5 Å². The van der Waals surface area contributed by atoms with Gasteiger partial charge < -0.3 is 24.4 Å². The summed E-state index contributed by atoms with van der Waals surface area (Å²) in [7, 11) is 4.63. The Kier molecular flexibility index (Phi) is 10.3. The lowest BCUT2D eigenvalue weighted by Crippen LogP contribution is -2.42. The fourth-order valence-corrected chi connectivity index (χ4v) is 5.18. The number of aromatic nitrogens is 3. The van der Waals surface area contributed by atoms with Gasteiger partial charge >= 0.3 is 0 Å². The van der Waals surface area contributed by atoms with Crippen LogP contribution in [0, 0.1) is 13.8 Å². The number of carbonyl (C=O) groups excluding carboxylic acids is 2. The first-order valence-corrected chi connectivity index (χ1v) is 14.1. The summed E-state index contributed by atoms with van der Waals surface area (Å²) in [6.07, 6.45) is 3.34. The molecule has 2 aromatic heterocycles. The second kappa shape index (κ2) is 14.3. The van der Waals surface area contributed by atoms with E-state index in [9.17, 15) is 9.59 Å². The molecule has 4 rings (SSSR count). The second-order valence-corrected chi connectivity index (χ2v) is 10.3. The van der Waals surface area contributed by atoms with Crippen molar-refractivity contribution in [3.63, 3.8) is 0 Å². The zero-order valence-corrected chi connectivity index (χ0v) is 25.0. The molecule has 0 aliphatic rings. The number of benzene rings is 2. The van der Waals surface area contributed by atoms with E-state index in [1.54, 1.807) is 80.0 Å². The average molecular weight is 588 g/mol. The Balaban J connectivity index is 1.72. The zero-order chi connectivity index (χ0) is 30.1. The maximum atomic E-state index is 14.1. The molecule has 0 radical (unpaired) electrons. The summed E-state index contributed by atoms with van der Waals surface area (Å²) in [6, 6.07) is 16.7. The summed E-state index contributed by atoms with van der Waals surface area (Å²) < 4.78 is 16.1. The number of rotatable bonds is 12. The van der Waals surface area contributed by atoms with E-state index < -0.39 is 11.9 Å². The molecule has 0 spiro atoms. The molecule has 0 saturated heterocycles. The van der Waals surface area contributed by atoms with Crippen molar-refractivity contribution in [3.05, 3.63) is 95.6 Å². The van der Waals surface area contributed by atoms with E-state index in [2.05, 4.69) is 20.3 Å². The molecule has 11 heteroatoms. The van der Waals surface area contributed by atoms with Gasteiger partial charge in [0, 0.05) is 36.4 Å². The van der Waals surface area contributed by atoms with E-state index in [1.165, 1.54) is 18.9 Å². The van der Waals surface area contributed by atoms with Crippen LogP contribution in [0.5, 0.6) is 17.2 Å². The van der Waals surface area contributed by atoms with E-state index >= 15 is 0 Å². The van der Waals surface area contributed by atoms with Crippen molar-refractivity contribution in [2.24, 2.45) is 0 Å². The molecule has 1 N–H and O–H groups in total. The summed E-state index contributed by atoms with van der Waals surface area (Å²) in [5.41, 5.74) is 3.44. The van der Waals surface area contributed by atoms with Crippen LogP contribution in [0.3, 0.4) is 0 Å². The van der Waals surface area contributed by atoms with Gasteiger partial charge in [0.1, 0.15) is 23.3 Å². The lowest BCUT2D eigenvalue weighted by atomic mass is 10.0. The predicted molar refractivity (Wildman–Crippen MR) is 161 cm³/mol. The van der Waals surface area contributed by atoms with Gasteiger partial charge in [-0.2, -0.15) is 0 Å². The quantitative estimate of drug-likeness (QED) is 0.180. The molecule has 2 amide bonds. The van der Waals surface area contributed by atoms with Gasteiger partial charge in [-0.15, -0.1) is 0 Å². The van der Waals surface area contributed by atoms with Crippen LogP contribution in [0.4, 0.5) is 5.69 Å². The molecule has 0 saturated carbocycles. The monoisotopic (exact) mass is 587 g/mol. The van der Waals surface area contributed by atoms with Crippen molar-refractivity contribution >= 4 is 29.3 Å². The van der Waals surface area contributed by atoms with Crippen LogP contribution in [0.15, 0.2) is 78.2 Å². The van der Waals surface area contributed by atoms with E-state index in [-0.39, 0.29) is 18.2 Å². The fourth-order valence-electron chi connectivity index (χ4n) is 4.34. The summed E-state index contributed by atoms with van der Waals surface area (Å²) in [6.45, 7) is 3.91. The van der Waals surface area contributed by atoms with Gasteiger partial charge in [-0.25, -0.2) is 9.97 Å². The highest BCUT2D eigenvalue weighted by molar-refractivity contribution is 7.99. The van der Waals surface area contributed by atoms with Crippen molar-refractivity contribution in [2.75, 3.05) is 32.4 Å². The third-order valence-corrected chi connectivity index (χ3v) is 7.17. The van der Waals surface area contributed by atoms with Crippen LogP contribution in [0.25, 0.3) is 0 Å².